The molecule has 2 aromatic rings. The normalized spacial score (nSPS) is 12.0. The van der Waals surface area contributed by atoms with Crippen molar-refractivity contribution in [3.8, 4) is 0 Å². The Morgan fingerprint density at radius 1 is 1.53 bits per heavy atom. The van der Waals surface area contributed by atoms with Crippen molar-refractivity contribution in [3.63, 3.8) is 0 Å². The van der Waals surface area contributed by atoms with E-state index in [1.807, 2.05) is 29.6 Å². The molecule has 1 heterocycles. The molecule has 1 aromatic carbocycles. The van der Waals surface area contributed by atoms with Crippen LogP contribution in [0.5, 0.6) is 0 Å². The lowest BCUT2D eigenvalue weighted by Crippen LogP contribution is -2.13. The summed E-state index contributed by atoms with van der Waals surface area (Å²) >= 11 is 1.60. The first kappa shape index (κ1) is 11.6. The number of hydrogen-bond donors (Lipinski definition) is 0. The smallest absolute Gasteiger partial charge is 0.395 e. The molecule has 0 aliphatic heterocycles. The third-order valence-electron chi connectivity index (χ3n) is 2.46. The minimum absolute atomic E-state index is 0.296. The molecule has 0 spiro atoms. The summed E-state index contributed by atoms with van der Waals surface area (Å²) < 4.78 is 6.01. The summed E-state index contributed by atoms with van der Waals surface area (Å²) in [6.45, 7) is 9.20. The molecule has 0 N–H and O–H groups in total. The van der Waals surface area contributed by atoms with Crippen LogP contribution in [0.4, 0.5) is 0 Å². The second-order valence-corrected chi connectivity index (χ2v) is 4.41. The average molecular weight is 245 g/mol. The maximum atomic E-state index is 11.7. The average Bonchev–Trinajstić information content (AvgIpc) is 2.79. The molecule has 86 valence electrons. The number of esters is 1. The van der Waals surface area contributed by atoms with Gasteiger partial charge in [0, 0.05) is 10.1 Å². The summed E-state index contributed by atoms with van der Waals surface area (Å²) in [6.07, 6.45) is 0. The van der Waals surface area contributed by atoms with Gasteiger partial charge in [-0.15, -0.1) is 11.3 Å². The molecule has 0 aliphatic rings. The lowest BCUT2D eigenvalue weighted by molar-refractivity contribution is -0.143. The summed E-state index contributed by atoms with van der Waals surface area (Å²) in [5.74, 6) is -0.471. The second-order valence-electron chi connectivity index (χ2n) is 3.46. The fourth-order valence-corrected chi connectivity index (χ4v) is 2.55. The van der Waals surface area contributed by atoms with Crippen LogP contribution in [-0.2, 0) is 9.53 Å². The first-order valence-corrected chi connectivity index (χ1v) is 6.15. The highest BCUT2D eigenvalue weighted by Gasteiger charge is 2.29. The molecule has 0 bridgehead atoms. The first-order chi connectivity index (χ1) is 8.27. The predicted molar refractivity (Wildman–Crippen MR) is 67.8 cm³/mol. The Kier molecular flexibility index (Phi) is 3.40. The second kappa shape index (κ2) is 4.98. The van der Waals surface area contributed by atoms with Crippen LogP contribution in [0, 0.1) is 6.57 Å². The topological polar surface area (TPSA) is 30.7 Å². The number of nitrogens with zero attached hydrogens (tertiary/aromatic N) is 1. The summed E-state index contributed by atoms with van der Waals surface area (Å²) in [4.78, 5) is 15.1. The number of benzene rings is 1. The van der Waals surface area contributed by atoms with Gasteiger partial charge in [-0.1, -0.05) is 6.07 Å². The van der Waals surface area contributed by atoms with Gasteiger partial charge >= 0.3 is 12.0 Å². The van der Waals surface area contributed by atoms with Crippen LogP contribution in [-0.4, -0.2) is 12.6 Å². The van der Waals surface area contributed by atoms with Crippen LogP contribution in [0.1, 0.15) is 18.5 Å². The van der Waals surface area contributed by atoms with Crippen molar-refractivity contribution >= 4 is 27.4 Å². The highest BCUT2D eigenvalue weighted by Crippen LogP contribution is 2.30. The number of carbonyl (C=O) groups is 1. The maximum Gasteiger partial charge on any atom is 0.395 e. The van der Waals surface area contributed by atoms with Crippen LogP contribution >= 0.6 is 11.3 Å². The zero-order valence-corrected chi connectivity index (χ0v) is 10.2. The van der Waals surface area contributed by atoms with Crippen molar-refractivity contribution in [1.82, 2.24) is 0 Å². The molecule has 0 aliphatic carbocycles. The highest BCUT2D eigenvalue weighted by molar-refractivity contribution is 7.17. The van der Waals surface area contributed by atoms with E-state index >= 15 is 0 Å². The Hall–Kier alpha value is -1.86. The zero-order valence-electron chi connectivity index (χ0n) is 9.34. The number of hydrogen-bond acceptors (Lipinski definition) is 3. The van der Waals surface area contributed by atoms with Gasteiger partial charge in [0.1, 0.15) is 0 Å². The zero-order chi connectivity index (χ0) is 12.3. The number of carbonyl (C=O) groups excluding carboxylic acids is 1. The molecule has 2 rings (SSSR count). The molecule has 1 atom stereocenters. The van der Waals surface area contributed by atoms with Crippen LogP contribution in [0.25, 0.3) is 14.9 Å². The van der Waals surface area contributed by atoms with Gasteiger partial charge in [-0.05, 0) is 30.5 Å². The van der Waals surface area contributed by atoms with Crippen molar-refractivity contribution in [1.29, 1.82) is 0 Å². The lowest BCUT2D eigenvalue weighted by atomic mass is 10.0. The first-order valence-electron chi connectivity index (χ1n) is 5.27. The third kappa shape index (κ3) is 2.15. The fraction of sp³-hybridized carbons (Fsp3) is 0.231. The Balaban J connectivity index is 2.47. The SMILES string of the molecule is [C-]#[N+]C(C(=O)OCC)c1cccc2sccc12. The molecule has 0 fully saturated rings. The van der Waals surface area contributed by atoms with E-state index in [2.05, 4.69) is 4.85 Å². The van der Waals surface area contributed by atoms with E-state index in [1.54, 1.807) is 18.3 Å². The predicted octanol–water partition coefficient (Wildman–Crippen LogP) is 3.42. The Morgan fingerprint density at radius 3 is 3.06 bits per heavy atom. The summed E-state index contributed by atoms with van der Waals surface area (Å²) in [6, 6.07) is 6.75. The van der Waals surface area contributed by atoms with Crippen molar-refractivity contribution in [2.75, 3.05) is 6.61 Å². The van der Waals surface area contributed by atoms with E-state index in [9.17, 15) is 4.79 Å². The molecular weight excluding hydrogens is 234 g/mol. The molecule has 0 radical (unpaired) electrons. The standard InChI is InChI=1S/C13H11NO2S/c1-3-16-13(15)12(14-2)10-5-4-6-11-9(10)7-8-17-11/h4-8,12H,3H2,1H3. The number of fused-ring (bicyclic) bond motifs is 1. The van der Waals surface area contributed by atoms with Gasteiger partial charge in [0.15, 0.2) is 0 Å². The van der Waals surface area contributed by atoms with Crippen molar-refractivity contribution in [2.24, 2.45) is 0 Å². The van der Waals surface area contributed by atoms with Gasteiger partial charge < -0.3 is 4.74 Å². The Morgan fingerprint density at radius 2 is 2.35 bits per heavy atom. The maximum absolute atomic E-state index is 11.7. The van der Waals surface area contributed by atoms with E-state index < -0.39 is 12.0 Å². The van der Waals surface area contributed by atoms with Gasteiger partial charge in [-0.2, -0.15) is 0 Å². The number of rotatable bonds is 3. The van der Waals surface area contributed by atoms with Gasteiger partial charge in [0.25, 0.3) is 0 Å². The van der Waals surface area contributed by atoms with Crippen LogP contribution in [0.2, 0.25) is 0 Å². The monoisotopic (exact) mass is 245 g/mol. The van der Waals surface area contributed by atoms with Crippen LogP contribution < -0.4 is 0 Å². The number of ether oxygens (including phenoxy) is 1. The van der Waals surface area contributed by atoms with Crippen molar-refractivity contribution in [2.45, 2.75) is 13.0 Å². The van der Waals surface area contributed by atoms with Gasteiger partial charge in [-0.25, -0.2) is 11.4 Å². The largest absolute Gasteiger partial charge is 0.460 e. The lowest BCUT2D eigenvalue weighted by Gasteiger charge is -2.06. The molecule has 4 heteroatoms. The van der Waals surface area contributed by atoms with Crippen LogP contribution in [0.3, 0.4) is 0 Å². The molecule has 17 heavy (non-hydrogen) atoms. The van der Waals surface area contributed by atoms with Gasteiger partial charge in [0.2, 0.25) is 0 Å². The summed E-state index contributed by atoms with van der Waals surface area (Å²) in [5, 5.41) is 2.92. The number of thiophene rings is 1. The summed E-state index contributed by atoms with van der Waals surface area (Å²) in [5.41, 5.74) is 0.734. The Labute approximate surface area is 103 Å². The van der Waals surface area contributed by atoms with E-state index in [0.29, 0.717) is 6.61 Å². The van der Waals surface area contributed by atoms with E-state index in [1.165, 1.54) is 0 Å². The minimum Gasteiger partial charge on any atom is -0.460 e. The third-order valence-corrected chi connectivity index (χ3v) is 3.35. The molecule has 0 saturated heterocycles. The van der Waals surface area contributed by atoms with Gasteiger partial charge in [-0.3, -0.25) is 4.85 Å². The minimum atomic E-state index is -0.853. The molecule has 3 nitrogen and oxygen atoms in total. The fourth-order valence-electron chi connectivity index (χ4n) is 1.73. The van der Waals surface area contributed by atoms with Crippen LogP contribution in [0.15, 0.2) is 29.6 Å². The highest BCUT2D eigenvalue weighted by atomic mass is 32.1. The van der Waals surface area contributed by atoms with Crippen molar-refractivity contribution in [3.05, 3.63) is 46.6 Å². The molecular formula is C13H11NO2S. The molecule has 1 aromatic heterocycles. The van der Waals surface area contributed by atoms with E-state index in [4.69, 9.17) is 11.3 Å². The van der Waals surface area contributed by atoms with Crippen molar-refractivity contribution < 1.29 is 9.53 Å². The Bertz CT molecular complexity index is 582. The molecule has 0 amide bonds. The van der Waals surface area contributed by atoms with E-state index in [-0.39, 0.29) is 0 Å². The summed E-state index contributed by atoms with van der Waals surface area (Å²) in [7, 11) is 0. The quantitative estimate of drug-likeness (QED) is 0.612. The molecule has 1 unspecified atom stereocenters. The van der Waals surface area contributed by atoms with E-state index in [0.717, 1.165) is 15.6 Å². The molecule has 0 saturated carbocycles. The van der Waals surface area contributed by atoms with Gasteiger partial charge in [0.05, 0.1) is 12.2 Å².